The summed E-state index contributed by atoms with van der Waals surface area (Å²) in [6.45, 7) is 10.7. The van der Waals surface area contributed by atoms with Gasteiger partial charge < -0.3 is 15.5 Å². The molecule has 2 N–H and O–H groups in total. The van der Waals surface area contributed by atoms with E-state index in [0.29, 0.717) is 22.3 Å². The third-order valence-corrected chi connectivity index (χ3v) is 7.31. The molecule has 0 bridgehead atoms. The number of rotatable bonds is 2. The number of carbonyl (C=O) groups excluding carboxylic acids is 2. The molecule has 0 spiro atoms. The quantitative estimate of drug-likeness (QED) is 0.473. The number of amides is 2. The highest BCUT2D eigenvalue weighted by molar-refractivity contribution is 6.43. The van der Waals surface area contributed by atoms with Crippen molar-refractivity contribution >= 4 is 46.4 Å². The molecule has 2 aliphatic heterocycles. The molecule has 1 atom stereocenters. The summed E-state index contributed by atoms with van der Waals surface area (Å²) in [5.41, 5.74) is 9.96. The minimum absolute atomic E-state index is 0.0215. The van der Waals surface area contributed by atoms with E-state index in [1.165, 1.54) is 6.08 Å². The van der Waals surface area contributed by atoms with Crippen LogP contribution in [-0.2, 0) is 15.0 Å². The van der Waals surface area contributed by atoms with Crippen LogP contribution in [0.25, 0.3) is 0 Å². The van der Waals surface area contributed by atoms with Crippen LogP contribution in [0.5, 0.6) is 0 Å². The van der Waals surface area contributed by atoms with Crippen molar-refractivity contribution in [3.05, 3.63) is 69.7 Å². The summed E-state index contributed by atoms with van der Waals surface area (Å²) in [5, 5.41) is 1.23. The number of nitrogens with zero attached hydrogens (tertiary/aromatic N) is 2. The Balaban J connectivity index is 0.000000186. The SMILES string of the molecule is C=CC(=O)N1CCC(c2ccc(C)c(Cl)c2Cl)C1.CN1C(=O)C(C)(C)c2ccc(N)cc21. The van der Waals surface area contributed by atoms with E-state index in [2.05, 4.69) is 6.58 Å². The van der Waals surface area contributed by atoms with Crippen LogP contribution in [-0.4, -0.2) is 36.9 Å². The van der Waals surface area contributed by atoms with Gasteiger partial charge in [-0.15, -0.1) is 0 Å². The number of fused-ring (bicyclic) bond motifs is 1. The molecule has 2 aromatic rings. The van der Waals surface area contributed by atoms with Crippen LogP contribution in [0.15, 0.2) is 43.0 Å². The number of halogens is 2. The van der Waals surface area contributed by atoms with Gasteiger partial charge in [-0.25, -0.2) is 0 Å². The van der Waals surface area contributed by atoms with Gasteiger partial charge in [-0.2, -0.15) is 0 Å². The van der Waals surface area contributed by atoms with Crippen LogP contribution in [0.1, 0.15) is 42.9 Å². The maximum absolute atomic E-state index is 11.9. The van der Waals surface area contributed by atoms with Gasteiger partial charge in [0, 0.05) is 37.4 Å². The third-order valence-electron chi connectivity index (χ3n) is 6.32. The van der Waals surface area contributed by atoms with Crippen LogP contribution in [0.2, 0.25) is 10.0 Å². The van der Waals surface area contributed by atoms with Crippen molar-refractivity contribution < 1.29 is 9.59 Å². The highest BCUT2D eigenvalue weighted by Gasteiger charge is 2.41. The number of hydrogen-bond acceptors (Lipinski definition) is 3. The molecule has 170 valence electrons. The Morgan fingerprint density at radius 3 is 2.56 bits per heavy atom. The van der Waals surface area contributed by atoms with Gasteiger partial charge in [0.05, 0.1) is 15.5 Å². The number of nitrogen functional groups attached to an aromatic ring is 1. The fourth-order valence-electron chi connectivity index (χ4n) is 4.32. The van der Waals surface area contributed by atoms with Gasteiger partial charge in [0.15, 0.2) is 0 Å². The number of likely N-dealkylation sites (tertiary alicyclic amines) is 1. The Morgan fingerprint density at radius 1 is 1.22 bits per heavy atom. The van der Waals surface area contributed by atoms with E-state index in [-0.39, 0.29) is 17.7 Å². The fourth-order valence-corrected chi connectivity index (χ4v) is 4.86. The first-order valence-corrected chi connectivity index (χ1v) is 11.3. The molecule has 0 radical (unpaired) electrons. The minimum Gasteiger partial charge on any atom is -0.399 e. The number of nitrogens with two attached hydrogens (primary N) is 1. The summed E-state index contributed by atoms with van der Waals surface area (Å²) in [4.78, 5) is 26.9. The number of benzene rings is 2. The first kappa shape index (κ1) is 24.1. The molecule has 7 heteroatoms. The van der Waals surface area contributed by atoms with E-state index in [1.807, 2.05) is 51.1 Å². The van der Waals surface area contributed by atoms with Crippen LogP contribution >= 0.6 is 23.2 Å². The average molecular weight is 474 g/mol. The molecule has 0 aliphatic carbocycles. The van der Waals surface area contributed by atoms with Crippen LogP contribution in [0.3, 0.4) is 0 Å². The lowest BCUT2D eigenvalue weighted by molar-refractivity contribution is -0.125. The first-order chi connectivity index (χ1) is 15.0. The van der Waals surface area contributed by atoms with Crippen molar-refractivity contribution in [1.29, 1.82) is 0 Å². The van der Waals surface area contributed by atoms with Gasteiger partial charge in [0.1, 0.15) is 0 Å². The average Bonchev–Trinajstić information content (AvgIpc) is 3.31. The number of aryl methyl sites for hydroxylation is 1. The maximum Gasteiger partial charge on any atom is 0.245 e. The summed E-state index contributed by atoms with van der Waals surface area (Å²) in [7, 11) is 1.79. The predicted octanol–water partition coefficient (Wildman–Crippen LogP) is 5.33. The molecule has 2 aromatic carbocycles. The summed E-state index contributed by atoms with van der Waals surface area (Å²) in [5.74, 6) is 0.365. The number of hydrogen-bond donors (Lipinski definition) is 1. The molecular weight excluding hydrogens is 445 g/mol. The first-order valence-electron chi connectivity index (χ1n) is 10.5. The van der Waals surface area contributed by atoms with Crippen molar-refractivity contribution in [2.45, 2.75) is 38.5 Å². The Kier molecular flexibility index (Phi) is 6.91. The highest BCUT2D eigenvalue weighted by Crippen LogP contribution is 2.41. The summed E-state index contributed by atoms with van der Waals surface area (Å²) in [6, 6.07) is 9.61. The zero-order valence-corrected chi connectivity index (χ0v) is 20.4. The van der Waals surface area contributed by atoms with E-state index < -0.39 is 5.41 Å². The van der Waals surface area contributed by atoms with Crippen LogP contribution in [0.4, 0.5) is 11.4 Å². The fraction of sp³-hybridized carbons (Fsp3) is 0.360. The topological polar surface area (TPSA) is 66.6 Å². The van der Waals surface area contributed by atoms with Crippen LogP contribution < -0.4 is 10.6 Å². The molecule has 0 saturated carbocycles. The Hall–Kier alpha value is -2.50. The zero-order chi connectivity index (χ0) is 23.8. The third kappa shape index (κ3) is 4.37. The molecule has 2 amide bonds. The second-order valence-corrected chi connectivity index (χ2v) is 9.60. The van der Waals surface area contributed by atoms with Gasteiger partial charge in [0.25, 0.3) is 0 Å². The van der Waals surface area contributed by atoms with Crippen molar-refractivity contribution in [3.8, 4) is 0 Å². The Labute approximate surface area is 199 Å². The molecule has 4 rings (SSSR count). The lowest BCUT2D eigenvalue weighted by atomic mass is 9.86. The van der Waals surface area contributed by atoms with Crippen LogP contribution in [0, 0.1) is 6.92 Å². The van der Waals surface area contributed by atoms with E-state index in [9.17, 15) is 9.59 Å². The monoisotopic (exact) mass is 473 g/mol. The number of anilines is 2. The van der Waals surface area contributed by atoms with E-state index in [0.717, 1.165) is 35.3 Å². The molecule has 0 aromatic heterocycles. The molecule has 5 nitrogen and oxygen atoms in total. The summed E-state index contributed by atoms with van der Waals surface area (Å²) >= 11 is 12.4. The lowest BCUT2D eigenvalue weighted by Crippen LogP contribution is -2.33. The van der Waals surface area contributed by atoms with Crippen molar-refractivity contribution in [2.24, 2.45) is 0 Å². The van der Waals surface area contributed by atoms with E-state index in [1.54, 1.807) is 16.8 Å². The molecule has 2 aliphatic rings. The van der Waals surface area contributed by atoms with E-state index in [4.69, 9.17) is 28.9 Å². The second kappa shape index (κ2) is 9.16. The lowest BCUT2D eigenvalue weighted by Gasteiger charge is -2.16. The minimum atomic E-state index is -0.419. The number of likely N-dealkylation sites (N-methyl/N-ethyl adjacent to an activating group) is 1. The summed E-state index contributed by atoms with van der Waals surface area (Å²) in [6.07, 6.45) is 2.27. The van der Waals surface area contributed by atoms with E-state index >= 15 is 0 Å². The maximum atomic E-state index is 11.9. The Morgan fingerprint density at radius 2 is 1.91 bits per heavy atom. The van der Waals surface area contributed by atoms with Crippen molar-refractivity contribution in [3.63, 3.8) is 0 Å². The van der Waals surface area contributed by atoms with Gasteiger partial charge >= 0.3 is 0 Å². The summed E-state index contributed by atoms with van der Waals surface area (Å²) < 4.78 is 0. The second-order valence-electron chi connectivity index (χ2n) is 8.84. The van der Waals surface area contributed by atoms with Gasteiger partial charge in [-0.3, -0.25) is 9.59 Å². The van der Waals surface area contributed by atoms with Gasteiger partial charge in [0.2, 0.25) is 11.8 Å². The zero-order valence-electron chi connectivity index (χ0n) is 18.9. The smallest absolute Gasteiger partial charge is 0.245 e. The van der Waals surface area contributed by atoms with Crippen molar-refractivity contribution in [2.75, 3.05) is 30.8 Å². The molecule has 32 heavy (non-hydrogen) atoms. The normalized spacial score (nSPS) is 18.8. The Bertz CT molecular complexity index is 1080. The largest absolute Gasteiger partial charge is 0.399 e. The number of carbonyl (C=O) groups is 2. The molecule has 1 saturated heterocycles. The molecule has 1 fully saturated rings. The highest BCUT2D eigenvalue weighted by atomic mass is 35.5. The molecule has 2 heterocycles. The van der Waals surface area contributed by atoms with Crippen molar-refractivity contribution in [1.82, 2.24) is 4.90 Å². The standard InChI is InChI=1S/C14H15Cl2NO.C11H14N2O/c1-3-12(18)17-7-6-10(8-17)11-5-4-9(2)13(15)14(11)16;1-11(2)8-5-4-7(12)6-9(8)13(3)10(11)14/h3-5,10H,1,6-8H2,2H3;4-6H,12H2,1-3H3. The molecule has 1 unspecified atom stereocenters. The van der Waals surface area contributed by atoms with Gasteiger partial charge in [-0.05, 0) is 62.1 Å². The predicted molar refractivity (Wildman–Crippen MR) is 133 cm³/mol. The van der Waals surface area contributed by atoms with Gasteiger partial charge in [-0.1, -0.05) is 48.0 Å². The molecular formula is C25H29Cl2N3O2.